The lowest BCUT2D eigenvalue weighted by molar-refractivity contribution is 0.414. The molecule has 0 unspecified atom stereocenters. The van der Waals surface area contributed by atoms with E-state index in [1.54, 1.807) is 18.0 Å². The van der Waals surface area contributed by atoms with E-state index in [1.807, 2.05) is 41.0 Å². The molecular formula is C23H20N6O2. The quantitative estimate of drug-likeness (QED) is 0.441. The van der Waals surface area contributed by atoms with E-state index < -0.39 is 0 Å². The van der Waals surface area contributed by atoms with Gasteiger partial charge in [0, 0.05) is 0 Å². The van der Waals surface area contributed by atoms with Gasteiger partial charge in [-0.2, -0.15) is 4.98 Å². The second-order valence-electron chi connectivity index (χ2n) is 7.35. The molecule has 2 aromatic carbocycles. The summed E-state index contributed by atoms with van der Waals surface area (Å²) in [5, 5.41) is 0. The highest BCUT2D eigenvalue weighted by Crippen LogP contribution is 2.24. The molecule has 1 aromatic heterocycles. The van der Waals surface area contributed by atoms with Gasteiger partial charge in [0.1, 0.15) is 23.3 Å². The highest BCUT2D eigenvalue weighted by atomic mass is 16.5. The molecule has 0 atom stereocenters. The Bertz CT molecular complexity index is 1400. The van der Waals surface area contributed by atoms with Crippen molar-refractivity contribution < 1.29 is 4.74 Å². The minimum atomic E-state index is -0.362. The van der Waals surface area contributed by atoms with Gasteiger partial charge in [-0.05, 0) is 35.7 Å². The van der Waals surface area contributed by atoms with Crippen molar-refractivity contribution in [3.8, 4) is 17.3 Å². The summed E-state index contributed by atoms with van der Waals surface area (Å²) < 4.78 is 8.69. The number of imidazole rings is 2. The van der Waals surface area contributed by atoms with Crippen molar-refractivity contribution in [2.75, 3.05) is 7.11 Å². The van der Waals surface area contributed by atoms with Gasteiger partial charge in [-0.1, -0.05) is 36.4 Å². The van der Waals surface area contributed by atoms with Crippen molar-refractivity contribution in [2.24, 2.45) is 0 Å². The monoisotopic (exact) mass is 412 g/mol. The predicted octanol–water partition coefficient (Wildman–Crippen LogP) is 2.90. The zero-order valence-corrected chi connectivity index (χ0v) is 17.2. The molecule has 0 N–H and O–H groups in total. The average Bonchev–Trinajstić information content (AvgIpc) is 3.25. The molecule has 0 bridgehead atoms. The summed E-state index contributed by atoms with van der Waals surface area (Å²) in [5.74, 6) is 1.22. The van der Waals surface area contributed by atoms with Crippen molar-refractivity contribution >= 4 is 11.2 Å². The Morgan fingerprint density at radius 1 is 0.968 bits per heavy atom. The Morgan fingerprint density at radius 3 is 2.55 bits per heavy atom. The van der Waals surface area contributed by atoms with Crippen LogP contribution in [0, 0.1) is 6.92 Å². The van der Waals surface area contributed by atoms with Crippen LogP contribution in [-0.2, 0) is 13.1 Å². The third kappa shape index (κ3) is 3.42. The third-order valence-electron chi connectivity index (χ3n) is 5.40. The number of benzene rings is 2. The topological polar surface area (TPSA) is 87.7 Å². The van der Waals surface area contributed by atoms with E-state index >= 15 is 0 Å². The SMILES string of the molecule is COc1ccc(Cn2c3ncnc4c(ncn4Cc4ccccc4C)c-3nc2=O)cc1. The molecule has 8 heteroatoms. The first kappa shape index (κ1) is 18.9. The van der Waals surface area contributed by atoms with Gasteiger partial charge in [0.2, 0.25) is 0 Å². The number of aromatic nitrogens is 6. The Balaban J connectivity index is 1.55. The predicted molar refractivity (Wildman–Crippen MR) is 116 cm³/mol. The molecule has 0 saturated carbocycles. The standard InChI is InChI=1S/C23H20N6O2/c1-15-5-3-4-6-17(15)12-28-14-26-19-20-22(25-13-24-21(19)28)29(23(30)27-20)11-16-7-9-18(31-2)10-8-16/h3-10,13-14H,11-12H2,1-2H3. The van der Waals surface area contributed by atoms with Crippen LogP contribution >= 0.6 is 0 Å². The Morgan fingerprint density at radius 2 is 1.77 bits per heavy atom. The van der Waals surface area contributed by atoms with Crippen LogP contribution in [0.5, 0.6) is 5.75 Å². The maximum Gasteiger partial charge on any atom is 0.350 e. The first-order valence-corrected chi connectivity index (χ1v) is 9.88. The lowest BCUT2D eigenvalue weighted by Gasteiger charge is -2.06. The fourth-order valence-electron chi connectivity index (χ4n) is 3.67. The first-order valence-electron chi connectivity index (χ1n) is 9.88. The van der Waals surface area contributed by atoms with Gasteiger partial charge in [0.05, 0.1) is 26.5 Å². The number of ether oxygens (including phenoxy) is 1. The highest BCUT2D eigenvalue weighted by molar-refractivity contribution is 5.85. The number of hydrogen-bond donors (Lipinski definition) is 0. The van der Waals surface area contributed by atoms with Crippen LogP contribution in [-0.4, -0.2) is 36.2 Å². The fourth-order valence-corrected chi connectivity index (χ4v) is 3.67. The molecule has 0 radical (unpaired) electrons. The molecule has 2 aliphatic heterocycles. The van der Waals surface area contributed by atoms with Gasteiger partial charge in [0.15, 0.2) is 11.5 Å². The number of rotatable bonds is 5. The van der Waals surface area contributed by atoms with E-state index in [0.717, 1.165) is 11.3 Å². The van der Waals surface area contributed by atoms with Crippen LogP contribution in [0.4, 0.5) is 0 Å². The summed E-state index contributed by atoms with van der Waals surface area (Å²) >= 11 is 0. The second-order valence-corrected chi connectivity index (χ2v) is 7.35. The summed E-state index contributed by atoms with van der Waals surface area (Å²) in [5.41, 5.74) is 4.60. The number of aryl methyl sites for hydroxylation is 1. The van der Waals surface area contributed by atoms with Crippen molar-refractivity contribution in [2.45, 2.75) is 20.0 Å². The molecule has 0 saturated heterocycles. The van der Waals surface area contributed by atoms with E-state index in [9.17, 15) is 4.79 Å². The van der Waals surface area contributed by atoms with Gasteiger partial charge in [-0.25, -0.2) is 19.7 Å². The fraction of sp³-hybridized carbons (Fsp3) is 0.174. The van der Waals surface area contributed by atoms with E-state index in [1.165, 1.54) is 17.5 Å². The van der Waals surface area contributed by atoms with E-state index in [2.05, 4.69) is 39.0 Å². The van der Waals surface area contributed by atoms with Gasteiger partial charge in [-0.15, -0.1) is 0 Å². The average molecular weight is 412 g/mol. The molecule has 0 spiro atoms. The second kappa shape index (κ2) is 7.64. The molecule has 0 amide bonds. The largest absolute Gasteiger partial charge is 0.497 e. The van der Waals surface area contributed by atoms with Crippen LogP contribution in [0.15, 0.2) is 66.0 Å². The molecule has 5 rings (SSSR count). The van der Waals surface area contributed by atoms with E-state index in [-0.39, 0.29) is 5.69 Å². The zero-order chi connectivity index (χ0) is 21.4. The summed E-state index contributed by atoms with van der Waals surface area (Å²) in [4.78, 5) is 30.4. The summed E-state index contributed by atoms with van der Waals surface area (Å²) in [7, 11) is 1.62. The molecule has 8 nitrogen and oxygen atoms in total. The van der Waals surface area contributed by atoms with Gasteiger partial charge >= 0.3 is 5.69 Å². The number of fused-ring (bicyclic) bond motifs is 3. The zero-order valence-electron chi connectivity index (χ0n) is 17.2. The highest BCUT2D eigenvalue weighted by Gasteiger charge is 2.21. The number of methoxy groups -OCH3 is 1. The lowest BCUT2D eigenvalue weighted by Crippen LogP contribution is -2.17. The lowest BCUT2D eigenvalue weighted by atomic mass is 10.1. The summed E-state index contributed by atoms with van der Waals surface area (Å²) in [6, 6.07) is 15.7. The first-order chi connectivity index (χ1) is 15.1. The molecule has 2 aliphatic rings. The summed E-state index contributed by atoms with van der Waals surface area (Å²) in [6.07, 6.45) is 3.20. The van der Waals surface area contributed by atoms with Gasteiger partial charge in [0.25, 0.3) is 0 Å². The summed E-state index contributed by atoms with van der Waals surface area (Å²) in [6.45, 7) is 3.05. The number of hydrogen-bond acceptors (Lipinski definition) is 6. The van der Waals surface area contributed by atoms with Crippen molar-refractivity contribution in [1.29, 1.82) is 0 Å². The maximum absolute atomic E-state index is 12.7. The molecular weight excluding hydrogens is 392 g/mol. The van der Waals surface area contributed by atoms with Crippen LogP contribution in [0.1, 0.15) is 16.7 Å². The van der Waals surface area contributed by atoms with E-state index in [4.69, 9.17) is 4.74 Å². The molecule has 31 heavy (non-hydrogen) atoms. The third-order valence-corrected chi connectivity index (χ3v) is 5.40. The van der Waals surface area contributed by atoms with Gasteiger partial charge in [-0.3, -0.25) is 4.57 Å². The minimum Gasteiger partial charge on any atom is -0.497 e. The molecule has 0 aliphatic carbocycles. The van der Waals surface area contributed by atoms with Crippen LogP contribution in [0.2, 0.25) is 0 Å². The Kier molecular flexibility index (Phi) is 4.66. The van der Waals surface area contributed by atoms with Crippen LogP contribution in [0.25, 0.3) is 22.7 Å². The van der Waals surface area contributed by atoms with Crippen LogP contribution < -0.4 is 10.4 Å². The molecule has 0 fully saturated rings. The Hall–Kier alpha value is -4.07. The van der Waals surface area contributed by atoms with Crippen molar-refractivity contribution in [3.63, 3.8) is 0 Å². The maximum atomic E-state index is 12.7. The normalized spacial score (nSPS) is 11.3. The molecule has 3 aromatic rings. The Labute approximate surface area is 178 Å². The van der Waals surface area contributed by atoms with Gasteiger partial charge < -0.3 is 9.30 Å². The van der Waals surface area contributed by atoms with Crippen LogP contribution in [0.3, 0.4) is 0 Å². The number of nitrogens with zero attached hydrogens (tertiary/aromatic N) is 6. The minimum absolute atomic E-state index is 0.349. The van der Waals surface area contributed by atoms with Crippen molar-refractivity contribution in [3.05, 3.63) is 88.4 Å². The van der Waals surface area contributed by atoms with E-state index in [0.29, 0.717) is 35.8 Å². The van der Waals surface area contributed by atoms with Crippen molar-refractivity contribution in [1.82, 2.24) is 29.1 Å². The molecule has 3 heterocycles. The molecule has 154 valence electrons. The smallest absolute Gasteiger partial charge is 0.350 e.